The molecule has 0 bridgehead atoms. The van der Waals surface area contributed by atoms with Crippen LogP contribution in [0.5, 0.6) is 0 Å². The molecular formula is C9H6F3NO. The van der Waals surface area contributed by atoms with Crippen LogP contribution in [0.1, 0.15) is 11.5 Å². The van der Waals surface area contributed by atoms with Crippen molar-refractivity contribution in [3.8, 4) is 0 Å². The zero-order valence-corrected chi connectivity index (χ0v) is 7.22. The van der Waals surface area contributed by atoms with Gasteiger partial charge < -0.3 is 4.42 Å². The average molecular weight is 201 g/mol. The quantitative estimate of drug-likeness (QED) is 0.654. The maximum atomic E-state index is 12.4. The molecule has 0 aliphatic rings. The number of aryl methyl sites for hydroxylation is 1. The van der Waals surface area contributed by atoms with Gasteiger partial charge in [-0.3, -0.25) is 0 Å². The number of aromatic nitrogens is 1. The molecule has 1 aromatic carbocycles. The van der Waals surface area contributed by atoms with Crippen LogP contribution in [0.25, 0.3) is 11.1 Å². The molecule has 0 spiro atoms. The van der Waals surface area contributed by atoms with Gasteiger partial charge in [0.25, 0.3) is 0 Å². The molecule has 0 aliphatic carbocycles. The lowest BCUT2D eigenvalue weighted by molar-refractivity contribution is -0.136. The Hall–Kier alpha value is -1.52. The van der Waals surface area contributed by atoms with Crippen molar-refractivity contribution in [1.82, 2.24) is 4.98 Å². The molecule has 0 saturated carbocycles. The molecule has 0 amide bonds. The van der Waals surface area contributed by atoms with Crippen molar-refractivity contribution in [3.05, 3.63) is 29.7 Å². The highest BCUT2D eigenvalue weighted by Gasteiger charge is 2.34. The van der Waals surface area contributed by atoms with Crippen molar-refractivity contribution >= 4 is 11.1 Å². The summed E-state index contributed by atoms with van der Waals surface area (Å²) in [5.41, 5.74) is -0.745. The minimum absolute atomic E-state index is 0.197. The Kier molecular flexibility index (Phi) is 1.77. The lowest BCUT2D eigenvalue weighted by atomic mass is 10.2. The Morgan fingerprint density at radius 3 is 2.64 bits per heavy atom. The average Bonchev–Trinajstić information content (AvgIpc) is 2.41. The maximum absolute atomic E-state index is 12.4. The number of para-hydroxylation sites is 1. The van der Waals surface area contributed by atoms with Crippen LogP contribution < -0.4 is 0 Å². The van der Waals surface area contributed by atoms with Crippen LogP contribution >= 0.6 is 0 Å². The van der Waals surface area contributed by atoms with E-state index < -0.39 is 11.7 Å². The van der Waals surface area contributed by atoms with Gasteiger partial charge in [0.1, 0.15) is 11.1 Å². The van der Waals surface area contributed by atoms with Crippen molar-refractivity contribution < 1.29 is 17.6 Å². The summed E-state index contributed by atoms with van der Waals surface area (Å²) in [4.78, 5) is 3.82. The van der Waals surface area contributed by atoms with E-state index in [9.17, 15) is 13.2 Å². The number of nitrogens with zero attached hydrogens (tertiary/aromatic N) is 1. The predicted molar refractivity (Wildman–Crippen MR) is 43.7 cm³/mol. The SMILES string of the molecule is Cc1nc2cccc(C(F)(F)F)c2o1. The first-order valence-corrected chi connectivity index (χ1v) is 3.92. The molecule has 5 heteroatoms. The van der Waals surface area contributed by atoms with Crippen LogP contribution in [0.4, 0.5) is 13.2 Å². The minimum atomic E-state index is -4.40. The molecule has 2 nitrogen and oxygen atoms in total. The van der Waals surface area contributed by atoms with E-state index in [0.717, 1.165) is 6.07 Å². The normalized spacial score (nSPS) is 12.3. The fourth-order valence-corrected chi connectivity index (χ4v) is 1.28. The summed E-state index contributed by atoms with van der Waals surface area (Å²) in [7, 11) is 0. The smallest absolute Gasteiger partial charge is 0.420 e. The summed E-state index contributed by atoms with van der Waals surface area (Å²) in [6.45, 7) is 1.51. The van der Waals surface area contributed by atoms with E-state index >= 15 is 0 Å². The van der Waals surface area contributed by atoms with Gasteiger partial charge in [0.15, 0.2) is 11.5 Å². The summed E-state index contributed by atoms with van der Waals surface area (Å²) in [6, 6.07) is 3.78. The van der Waals surface area contributed by atoms with E-state index in [1.165, 1.54) is 19.1 Å². The van der Waals surface area contributed by atoms with Crippen molar-refractivity contribution in [2.75, 3.05) is 0 Å². The second kappa shape index (κ2) is 2.73. The van der Waals surface area contributed by atoms with Gasteiger partial charge in [-0.05, 0) is 12.1 Å². The maximum Gasteiger partial charge on any atom is 0.420 e. The highest BCUT2D eigenvalue weighted by Crippen LogP contribution is 2.34. The van der Waals surface area contributed by atoms with Crippen molar-refractivity contribution in [2.24, 2.45) is 0 Å². The number of fused-ring (bicyclic) bond motifs is 1. The van der Waals surface area contributed by atoms with Crippen LogP contribution in [0.2, 0.25) is 0 Å². The Bertz CT molecular complexity index is 472. The van der Waals surface area contributed by atoms with Gasteiger partial charge in [0.05, 0.1) is 0 Å². The largest absolute Gasteiger partial charge is 0.440 e. The fraction of sp³-hybridized carbons (Fsp3) is 0.222. The van der Waals surface area contributed by atoms with Gasteiger partial charge >= 0.3 is 6.18 Å². The molecule has 0 radical (unpaired) electrons. The third-order valence-electron chi connectivity index (χ3n) is 1.83. The fourth-order valence-electron chi connectivity index (χ4n) is 1.28. The van der Waals surface area contributed by atoms with E-state index in [-0.39, 0.29) is 17.0 Å². The molecule has 1 aromatic heterocycles. The lowest BCUT2D eigenvalue weighted by Gasteiger charge is -2.05. The Morgan fingerprint density at radius 2 is 2.00 bits per heavy atom. The van der Waals surface area contributed by atoms with Crippen LogP contribution in [-0.4, -0.2) is 4.98 Å². The van der Waals surface area contributed by atoms with Gasteiger partial charge in [-0.1, -0.05) is 6.07 Å². The summed E-state index contributed by atoms with van der Waals surface area (Å²) < 4.78 is 42.2. The molecule has 0 fully saturated rings. The monoisotopic (exact) mass is 201 g/mol. The van der Waals surface area contributed by atoms with Crippen molar-refractivity contribution in [2.45, 2.75) is 13.1 Å². The molecule has 2 aromatic rings. The first-order chi connectivity index (χ1) is 6.48. The highest BCUT2D eigenvalue weighted by atomic mass is 19.4. The first kappa shape index (κ1) is 9.05. The topological polar surface area (TPSA) is 26.0 Å². The summed E-state index contributed by atoms with van der Waals surface area (Å²) in [5.74, 6) is 0.233. The van der Waals surface area contributed by atoms with Crippen LogP contribution in [0, 0.1) is 6.92 Å². The number of halogens is 3. The van der Waals surface area contributed by atoms with Gasteiger partial charge in [0, 0.05) is 6.92 Å². The number of alkyl halides is 3. The number of hydrogen-bond donors (Lipinski definition) is 0. The molecule has 0 atom stereocenters. The van der Waals surface area contributed by atoms with E-state index in [0.29, 0.717) is 0 Å². The van der Waals surface area contributed by atoms with Gasteiger partial charge in [-0.2, -0.15) is 13.2 Å². The van der Waals surface area contributed by atoms with Gasteiger partial charge in [-0.25, -0.2) is 4.98 Å². The molecule has 2 rings (SSSR count). The number of hydrogen-bond acceptors (Lipinski definition) is 2. The third kappa shape index (κ3) is 1.34. The number of rotatable bonds is 0. The number of oxazole rings is 1. The van der Waals surface area contributed by atoms with E-state index in [1.807, 2.05) is 0 Å². The number of benzene rings is 1. The minimum Gasteiger partial charge on any atom is -0.440 e. The molecule has 0 aliphatic heterocycles. The Balaban J connectivity index is 2.77. The van der Waals surface area contributed by atoms with E-state index in [2.05, 4.69) is 4.98 Å². The summed E-state index contributed by atoms with van der Waals surface area (Å²) >= 11 is 0. The van der Waals surface area contributed by atoms with E-state index in [1.54, 1.807) is 0 Å². The summed E-state index contributed by atoms with van der Waals surface area (Å²) in [6.07, 6.45) is -4.40. The molecule has 1 heterocycles. The van der Waals surface area contributed by atoms with Crippen LogP contribution in [0.3, 0.4) is 0 Å². The second-order valence-electron chi connectivity index (χ2n) is 2.88. The first-order valence-electron chi connectivity index (χ1n) is 3.92. The second-order valence-corrected chi connectivity index (χ2v) is 2.88. The Labute approximate surface area is 77.4 Å². The van der Waals surface area contributed by atoms with E-state index in [4.69, 9.17) is 4.42 Å². The zero-order valence-electron chi connectivity index (χ0n) is 7.22. The van der Waals surface area contributed by atoms with Crippen LogP contribution in [0.15, 0.2) is 22.6 Å². The third-order valence-corrected chi connectivity index (χ3v) is 1.83. The van der Waals surface area contributed by atoms with Crippen molar-refractivity contribution in [3.63, 3.8) is 0 Å². The molecule has 74 valence electrons. The Morgan fingerprint density at radius 1 is 1.29 bits per heavy atom. The van der Waals surface area contributed by atoms with Crippen molar-refractivity contribution in [1.29, 1.82) is 0 Å². The van der Waals surface area contributed by atoms with Gasteiger partial charge in [-0.15, -0.1) is 0 Å². The molecule has 0 unspecified atom stereocenters. The van der Waals surface area contributed by atoms with Crippen LogP contribution in [-0.2, 0) is 6.18 Å². The lowest BCUT2D eigenvalue weighted by Crippen LogP contribution is -2.04. The molecular weight excluding hydrogens is 195 g/mol. The zero-order chi connectivity index (χ0) is 10.3. The molecule has 0 saturated heterocycles. The standard InChI is InChI=1S/C9H6F3NO/c1-5-13-7-4-2-3-6(8(7)14-5)9(10,11)12/h2-4H,1H3. The van der Waals surface area contributed by atoms with Gasteiger partial charge in [0.2, 0.25) is 0 Å². The highest BCUT2D eigenvalue weighted by molar-refractivity contribution is 5.76. The summed E-state index contributed by atoms with van der Waals surface area (Å²) in [5, 5.41) is 0. The molecule has 0 N–H and O–H groups in total. The predicted octanol–water partition coefficient (Wildman–Crippen LogP) is 3.16. The molecule has 14 heavy (non-hydrogen) atoms.